The van der Waals surface area contributed by atoms with Gasteiger partial charge in [0.2, 0.25) is 0 Å². The van der Waals surface area contributed by atoms with E-state index in [1.54, 1.807) is 11.8 Å². The number of rotatable bonds is 5. The summed E-state index contributed by atoms with van der Waals surface area (Å²) in [6.07, 6.45) is 2.02. The highest BCUT2D eigenvalue weighted by atomic mass is 32.2. The molecule has 1 aromatic heterocycles. The molecule has 0 aliphatic rings. The van der Waals surface area contributed by atoms with Crippen LogP contribution in [0.15, 0.2) is 29.3 Å². The van der Waals surface area contributed by atoms with Crippen molar-refractivity contribution in [3.63, 3.8) is 0 Å². The second-order valence-corrected chi connectivity index (χ2v) is 5.78. The highest BCUT2D eigenvalue weighted by Crippen LogP contribution is 2.30. The molecule has 0 atom stereocenters. The Morgan fingerprint density at radius 3 is 2.84 bits per heavy atom. The van der Waals surface area contributed by atoms with Crippen molar-refractivity contribution in [3.05, 3.63) is 41.1 Å². The minimum atomic E-state index is 0.849. The van der Waals surface area contributed by atoms with E-state index in [4.69, 9.17) is 5.73 Å². The topological polar surface area (TPSA) is 43.8 Å². The van der Waals surface area contributed by atoms with E-state index < -0.39 is 0 Å². The van der Waals surface area contributed by atoms with E-state index in [2.05, 4.69) is 43.2 Å². The summed E-state index contributed by atoms with van der Waals surface area (Å²) in [5.41, 5.74) is 10.7. The highest BCUT2D eigenvalue weighted by Gasteiger charge is 2.13. The molecule has 19 heavy (non-hydrogen) atoms. The second kappa shape index (κ2) is 6.15. The molecule has 2 N–H and O–H groups in total. The maximum absolute atomic E-state index is 6.18. The number of benzene rings is 1. The van der Waals surface area contributed by atoms with Gasteiger partial charge in [-0.1, -0.05) is 54.9 Å². The van der Waals surface area contributed by atoms with Crippen molar-refractivity contribution in [2.75, 3.05) is 5.73 Å². The van der Waals surface area contributed by atoms with Crippen molar-refractivity contribution in [1.29, 1.82) is 0 Å². The molecule has 0 bridgehead atoms. The first kappa shape index (κ1) is 14.0. The minimum absolute atomic E-state index is 0.849. The Hall–Kier alpha value is -1.42. The second-order valence-electron chi connectivity index (χ2n) is 4.82. The number of thioether (sulfide) groups is 1. The van der Waals surface area contributed by atoms with Gasteiger partial charge in [-0.05, 0) is 18.9 Å². The average Bonchev–Trinajstić information content (AvgIpc) is 2.63. The monoisotopic (exact) mass is 275 g/mol. The Morgan fingerprint density at radius 1 is 1.37 bits per heavy atom. The first-order valence-electron chi connectivity index (χ1n) is 6.61. The molecule has 2 aromatic rings. The van der Waals surface area contributed by atoms with E-state index in [0.29, 0.717) is 0 Å². The van der Waals surface area contributed by atoms with E-state index in [9.17, 15) is 0 Å². The average molecular weight is 275 g/mol. The van der Waals surface area contributed by atoms with E-state index in [1.165, 1.54) is 11.1 Å². The van der Waals surface area contributed by atoms with Gasteiger partial charge in [-0.15, -0.1) is 0 Å². The molecule has 0 radical (unpaired) electrons. The molecular formula is C15H21N3S. The highest BCUT2D eigenvalue weighted by molar-refractivity contribution is 7.98. The third-order valence-corrected chi connectivity index (χ3v) is 4.29. The molecule has 0 fully saturated rings. The largest absolute Gasteiger partial charge is 0.395 e. The summed E-state index contributed by atoms with van der Waals surface area (Å²) in [7, 11) is 1.97. The maximum Gasteiger partial charge on any atom is 0.117 e. The molecule has 102 valence electrons. The first-order valence-corrected chi connectivity index (χ1v) is 7.60. The number of hydrogen-bond donors (Lipinski definition) is 1. The molecule has 3 nitrogen and oxygen atoms in total. The fraction of sp³-hybridized carbons (Fsp3) is 0.400. The molecule has 0 saturated carbocycles. The zero-order chi connectivity index (χ0) is 13.8. The first-order chi connectivity index (χ1) is 9.11. The van der Waals surface area contributed by atoms with Gasteiger partial charge in [0.15, 0.2) is 0 Å². The van der Waals surface area contributed by atoms with Crippen molar-refractivity contribution >= 4 is 17.4 Å². The van der Waals surface area contributed by atoms with Crippen LogP contribution in [0.5, 0.6) is 0 Å². The lowest BCUT2D eigenvalue weighted by Gasteiger charge is -2.04. The van der Waals surface area contributed by atoms with Crippen LogP contribution in [0.3, 0.4) is 0 Å². The molecule has 1 aromatic carbocycles. The quantitative estimate of drug-likeness (QED) is 0.849. The van der Waals surface area contributed by atoms with Gasteiger partial charge >= 0.3 is 0 Å². The molecule has 2 rings (SSSR count). The molecule has 0 spiro atoms. The lowest BCUT2D eigenvalue weighted by Crippen LogP contribution is -1.94. The van der Waals surface area contributed by atoms with Crippen LogP contribution in [-0.4, -0.2) is 9.78 Å². The van der Waals surface area contributed by atoms with Gasteiger partial charge in [0.1, 0.15) is 5.03 Å². The van der Waals surface area contributed by atoms with Crippen molar-refractivity contribution in [3.8, 4) is 0 Å². The molecule has 0 amide bonds. The van der Waals surface area contributed by atoms with Gasteiger partial charge in [0, 0.05) is 12.8 Å². The number of aromatic nitrogens is 2. The third kappa shape index (κ3) is 3.32. The third-order valence-electron chi connectivity index (χ3n) is 3.05. The molecule has 0 aliphatic heterocycles. The van der Waals surface area contributed by atoms with Crippen LogP contribution in [0, 0.1) is 6.92 Å². The van der Waals surface area contributed by atoms with Gasteiger partial charge in [-0.2, -0.15) is 5.10 Å². The van der Waals surface area contributed by atoms with Crippen LogP contribution in [0.25, 0.3) is 0 Å². The zero-order valence-corrected chi connectivity index (χ0v) is 12.6. The van der Waals surface area contributed by atoms with Gasteiger partial charge in [0.05, 0.1) is 11.4 Å². The SMILES string of the molecule is CCCc1nn(C)c(SCc2cccc(C)c2)c1N. The molecular weight excluding hydrogens is 254 g/mol. The number of aryl methyl sites for hydroxylation is 3. The number of nitrogens with zero attached hydrogens (tertiary/aromatic N) is 2. The maximum atomic E-state index is 6.18. The van der Waals surface area contributed by atoms with Crippen LogP contribution >= 0.6 is 11.8 Å². The number of hydrogen-bond acceptors (Lipinski definition) is 3. The standard InChI is InChI=1S/C15H21N3S/c1-4-6-13-14(16)15(18(3)17-13)19-10-12-8-5-7-11(2)9-12/h5,7-9H,4,6,10,16H2,1-3H3. The Balaban J connectivity index is 2.11. The Morgan fingerprint density at radius 2 is 2.16 bits per heavy atom. The Bertz CT molecular complexity index is 561. The van der Waals surface area contributed by atoms with Crippen LogP contribution in [0.4, 0.5) is 5.69 Å². The molecule has 1 heterocycles. The molecule has 0 saturated heterocycles. The normalized spacial score (nSPS) is 10.9. The van der Waals surface area contributed by atoms with Crippen LogP contribution < -0.4 is 5.73 Å². The lowest BCUT2D eigenvalue weighted by atomic mass is 10.2. The number of anilines is 1. The lowest BCUT2D eigenvalue weighted by molar-refractivity contribution is 0.681. The Kier molecular flexibility index (Phi) is 4.53. The van der Waals surface area contributed by atoms with Crippen molar-refractivity contribution < 1.29 is 0 Å². The van der Waals surface area contributed by atoms with Crippen molar-refractivity contribution in [2.45, 2.75) is 37.5 Å². The minimum Gasteiger partial charge on any atom is -0.395 e. The summed E-state index contributed by atoms with van der Waals surface area (Å²) in [6, 6.07) is 8.58. The Labute approximate surface area is 119 Å². The fourth-order valence-corrected chi connectivity index (χ4v) is 3.11. The molecule has 0 unspecified atom stereocenters. The molecule has 0 aliphatic carbocycles. The molecule has 4 heteroatoms. The smallest absolute Gasteiger partial charge is 0.117 e. The van der Waals surface area contributed by atoms with Gasteiger partial charge in [-0.3, -0.25) is 4.68 Å². The number of nitrogen functional groups attached to an aromatic ring is 1. The summed E-state index contributed by atoms with van der Waals surface area (Å²) >= 11 is 1.76. The zero-order valence-electron chi connectivity index (χ0n) is 11.8. The van der Waals surface area contributed by atoms with E-state index in [0.717, 1.165) is 35.0 Å². The van der Waals surface area contributed by atoms with E-state index in [-0.39, 0.29) is 0 Å². The fourth-order valence-electron chi connectivity index (χ4n) is 2.12. The predicted molar refractivity (Wildman–Crippen MR) is 82.4 cm³/mol. The summed E-state index contributed by atoms with van der Waals surface area (Å²) in [5, 5.41) is 5.57. The summed E-state index contributed by atoms with van der Waals surface area (Å²) in [4.78, 5) is 0. The van der Waals surface area contributed by atoms with Gasteiger partial charge in [0.25, 0.3) is 0 Å². The van der Waals surface area contributed by atoms with Crippen LogP contribution in [0.1, 0.15) is 30.2 Å². The van der Waals surface area contributed by atoms with Crippen LogP contribution in [0.2, 0.25) is 0 Å². The van der Waals surface area contributed by atoms with Crippen molar-refractivity contribution in [2.24, 2.45) is 7.05 Å². The summed E-state index contributed by atoms with van der Waals surface area (Å²) in [6.45, 7) is 4.26. The van der Waals surface area contributed by atoms with Crippen LogP contribution in [-0.2, 0) is 19.2 Å². The number of nitrogens with two attached hydrogens (primary N) is 1. The van der Waals surface area contributed by atoms with E-state index in [1.807, 2.05) is 11.7 Å². The van der Waals surface area contributed by atoms with E-state index >= 15 is 0 Å². The van der Waals surface area contributed by atoms with Crippen molar-refractivity contribution in [1.82, 2.24) is 9.78 Å². The summed E-state index contributed by atoms with van der Waals surface area (Å²) < 4.78 is 1.90. The summed E-state index contributed by atoms with van der Waals surface area (Å²) in [5.74, 6) is 0.928. The predicted octanol–water partition coefficient (Wildman–Crippen LogP) is 3.56. The van der Waals surface area contributed by atoms with Gasteiger partial charge < -0.3 is 5.73 Å². The van der Waals surface area contributed by atoms with Gasteiger partial charge in [-0.25, -0.2) is 0 Å².